The first-order chi connectivity index (χ1) is 21.9. The van der Waals surface area contributed by atoms with Gasteiger partial charge in [-0.05, 0) is 11.6 Å². The minimum Gasteiger partial charge on any atom is -0.473 e. The van der Waals surface area contributed by atoms with Gasteiger partial charge >= 0.3 is 10.2 Å². The molecule has 0 aliphatic carbocycles. The smallest absolute Gasteiger partial charge is 0.324 e. The second-order valence-corrected chi connectivity index (χ2v) is 12.5. The summed E-state index contributed by atoms with van der Waals surface area (Å²) in [7, 11) is -1.09. The highest BCUT2D eigenvalue weighted by Gasteiger charge is 2.26. The minimum atomic E-state index is -3.99. The first-order valence-electron chi connectivity index (χ1n) is 14.3. The Morgan fingerprint density at radius 2 is 1.67 bits per heavy atom. The monoisotopic (exact) mass is 626 g/mol. The fourth-order valence-electron chi connectivity index (χ4n) is 4.99. The number of hydrogen-bond acceptors (Lipinski definition) is 11. The van der Waals surface area contributed by atoms with Crippen molar-refractivity contribution in [2.75, 3.05) is 50.6 Å². The van der Waals surface area contributed by atoms with Crippen LogP contribution in [0.25, 0.3) is 33.5 Å². The van der Waals surface area contributed by atoms with Crippen molar-refractivity contribution in [3.8, 4) is 17.1 Å². The lowest BCUT2D eigenvalue weighted by Crippen LogP contribution is -2.37. The molecule has 4 aromatic heterocycles. The Morgan fingerprint density at radius 1 is 0.933 bits per heavy atom. The normalized spacial score (nSPS) is 14.0. The van der Waals surface area contributed by atoms with Crippen LogP contribution in [0.1, 0.15) is 5.56 Å². The number of benzene rings is 2. The zero-order valence-electron chi connectivity index (χ0n) is 24.6. The van der Waals surface area contributed by atoms with Gasteiger partial charge in [-0.2, -0.15) is 27.8 Å². The number of hydrogen-bond donors (Lipinski definition) is 1. The number of pyridine rings is 1. The molecule has 1 fully saturated rings. The predicted molar refractivity (Wildman–Crippen MR) is 170 cm³/mol. The zero-order valence-corrected chi connectivity index (χ0v) is 25.4. The molecule has 5 heterocycles. The summed E-state index contributed by atoms with van der Waals surface area (Å²) in [5.41, 5.74) is 3.59. The third kappa shape index (κ3) is 5.66. The van der Waals surface area contributed by atoms with Gasteiger partial charge in [-0.1, -0.05) is 60.7 Å². The van der Waals surface area contributed by atoms with Crippen LogP contribution in [-0.4, -0.2) is 77.3 Å². The van der Waals surface area contributed by atoms with Gasteiger partial charge in [0.1, 0.15) is 17.9 Å². The number of nitrogens with one attached hydrogen (secondary N) is 1. The molecule has 0 amide bonds. The maximum absolute atomic E-state index is 13.3. The number of aromatic nitrogens is 5. The summed E-state index contributed by atoms with van der Waals surface area (Å²) in [6, 6.07) is 24.4. The van der Waals surface area contributed by atoms with E-state index in [2.05, 4.69) is 20.3 Å². The standard InChI is InChI=1S/C31H30N8O5S/c1-37(2)45(40,41)39-25(19-24(36-39)22-11-7-4-8-12-22)32-31-34-27-23-13-14-26(43-20-21-9-5-3-6-10-21)33-30(23)44-28(27)29(35-31)38-15-17-42-18-16-38/h3-14,19H,15-18,20H2,1-2H3,(H,32,34,35). The van der Waals surface area contributed by atoms with E-state index in [0.29, 0.717) is 72.5 Å². The van der Waals surface area contributed by atoms with E-state index < -0.39 is 10.2 Å². The van der Waals surface area contributed by atoms with Crippen molar-refractivity contribution in [3.05, 3.63) is 84.4 Å². The Labute approximate surface area is 259 Å². The Hall–Kier alpha value is -5.05. The number of ether oxygens (including phenoxy) is 2. The highest BCUT2D eigenvalue weighted by atomic mass is 32.2. The lowest BCUT2D eigenvalue weighted by atomic mass is 10.2. The average molecular weight is 627 g/mol. The third-order valence-corrected chi connectivity index (χ3v) is 8.98. The maximum atomic E-state index is 13.3. The Balaban J connectivity index is 1.31. The molecule has 230 valence electrons. The van der Waals surface area contributed by atoms with Crippen molar-refractivity contribution in [2.24, 2.45) is 0 Å². The number of morpholine rings is 1. The quantitative estimate of drug-likeness (QED) is 0.243. The van der Waals surface area contributed by atoms with Gasteiger partial charge in [-0.15, -0.1) is 4.09 Å². The molecular formula is C31H30N8O5S. The average Bonchev–Trinajstić information content (AvgIpc) is 3.66. The molecule has 1 saturated heterocycles. The van der Waals surface area contributed by atoms with Crippen LogP contribution in [0.5, 0.6) is 5.88 Å². The van der Waals surface area contributed by atoms with Gasteiger partial charge < -0.3 is 24.1 Å². The van der Waals surface area contributed by atoms with Crippen LogP contribution in [0, 0.1) is 0 Å². The van der Waals surface area contributed by atoms with E-state index in [1.807, 2.05) is 66.7 Å². The molecule has 0 unspecified atom stereocenters. The summed E-state index contributed by atoms with van der Waals surface area (Å²) in [6.45, 7) is 2.59. The van der Waals surface area contributed by atoms with E-state index in [1.165, 1.54) is 14.1 Å². The van der Waals surface area contributed by atoms with Crippen molar-refractivity contribution in [2.45, 2.75) is 6.61 Å². The maximum Gasteiger partial charge on any atom is 0.324 e. The third-order valence-electron chi connectivity index (χ3n) is 7.34. The van der Waals surface area contributed by atoms with Crippen molar-refractivity contribution in [3.63, 3.8) is 0 Å². The molecule has 45 heavy (non-hydrogen) atoms. The Bertz CT molecular complexity index is 2080. The fraction of sp³-hybridized carbons (Fsp3) is 0.226. The van der Waals surface area contributed by atoms with Crippen LogP contribution in [0.15, 0.2) is 83.3 Å². The van der Waals surface area contributed by atoms with E-state index in [1.54, 1.807) is 12.1 Å². The second-order valence-electron chi connectivity index (χ2n) is 10.6. The van der Waals surface area contributed by atoms with E-state index in [0.717, 1.165) is 19.5 Å². The molecule has 0 atom stereocenters. The summed E-state index contributed by atoms with van der Waals surface area (Å²) in [5.74, 6) is 1.31. The van der Waals surface area contributed by atoms with E-state index in [4.69, 9.17) is 23.9 Å². The van der Waals surface area contributed by atoms with Crippen molar-refractivity contribution >= 4 is 50.0 Å². The van der Waals surface area contributed by atoms with Crippen LogP contribution in [0.3, 0.4) is 0 Å². The summed E-state index contributed by atoms with van der Waals surface area (Å²) >= 11 is 0. The van der Waals surface area contributed by atoms with Gasteiger partial charge in [0.25, 0.3) is 0 Å². The lowest BCUT2D eigenvalue weighted by Gasteiger charge is -2.27. The Morgan fingerprint density at radius 3 is 2.40 bits per heavy atom. The number of furan rings is 1. The van der Waals surface area contributed by atoms with Gasteiger partial charge in [0, 0.05) is 44.9 Å². The molecule has 14 heteroatoms. The predicted octanol–water partition coefficient (Wildman–Crippen LogP) is 4.45. The number of anilines is 3. The van der Waals surface area contributed by atoms with Gasteiger partial charge in [-0.3, -0.25) is 0 Å². The zero-order chi connectivity index (χ0) is 31.0. The van der Waals surface area contributed by atoms with Crippen LogP contribution in [0.2, 0.25) is 0 Å². The summed E-state index contributed by atoms with van der Waals surface area (Å²) in [4.78, 5) is 16.3. The minimum absolute atomic E-state index is 0.172. The summed E-state index contributed by atoms with van der Waals surface area (Å²) in [6.07, 6.45) is 0. The molecule has 1 N–H and O–H groups in total. The van der Waals surface area contributed by atoms with E-state index in [-0.39, 0.29) is 11.8 Å². The largest absolute Gasteiger partial charge is 0.473 e. The molecule has 1 aliphatic heterocycles. The molecule has 2 aromatic carbocycles. The first kappa shape index (κ1) is 28.7. The number of rotatable bonds is 9. The molecule has 0 bridgehead atoms. The van der Waals surface area contributed by atoms with E-state index >= 15 is 0 Å². The molecule has 7 rings (SSSR count). The fourth-order valence-corrected chi connectivity index (χ4v) is 5.84. The molecule has 0 spiro atoms. The van der Waals surface area contributed by atoms with Gasteiger partial charge in [0.05, 0.1) is 24.3 Å². The van der Waals surface area contributed by atoms with Crippen LogP contribution in [0.4, 0.5) is 17.6 Å². The van der Waals surface area contributed by atoms with E-state index in [9.17, 15) is 8.42 Å². The van der Waals surface area contributed by atoms with Crippen molar-refractivity contribution in [1.29, 1.82) is 0 Å². The molecule has 6 aromatic rings. The number of nitrogens with zero attached hydrogens (tertiary/aromatic N) is 7. The topological polar surface area (TPSA) is 141 Å². The van der Waals surface area contributed by atoms with Gasteiger partial charge in [0.15, 0.2) is 11.4 Å². The highest BCUT2D eigenvalue weighted by molar-refractivity contribution is 7.87. The first-order valence-corrected chi connectivity index (χ1v) is 15.7. The summed E-state index contributed by atoms with van der Waals surface area (Å²) in [5, 5.41) is 8.22. The van der Waals surface area contributed by atoms with Crippen molar-refractivity contribution < 1.29 is 22.3 Å². The second kappa shape index (κ2) is 11.8. The van der Waals surface area contributed by atoms with Crippen LogP contribution >= 0.6 is 0 Å². The Kier molecular flexibility index (Phi) is 7.53. The van der Waals surface area contributed by atoms with Crippen LogP contribution in [-0.2, 0) is 21.6 Å². The van der Waals surface area contributed by atoms with Crippen molar-refractivity contribution in [1.82, 2.24) is 28.4 Å². The molecule has 0 saturated carbocycles. The summed E-state index contributed by atoms with van der Waals surface area (Å²) < 4.78 is 46.4. The molecule has 13 nitrogen and oxygen atoms in total. The lowest BCUT2D eigenvalue weighted by molar-refractivity contribution is 0.122. The van der Waals surface area contributed by atoms with Gasteiger partial charge in [0.2, 0.25) is 17.5 Å². The number of fused-ring (bicyclic) bond motifs is 3. The van der Waals surface area contributed by atoms with Crippen LogP contribution < -0.4 is 15.0 Å². The molecule has 0 radical (unpaired) electrons. The van der Waals surface area contributed by atoms with Gasteiger partial charge in [-0.25, -0.2) is 4.98 Å². The highest BCUT2D eigenvalue weighted by Crippen LogP contribution is 2.35. The molecular weight excluding hydrogens is 596 g/mol. The molecule has 1 aliphatic rings. The SMILES string of the molecule is CN(C)S(=O)(=O)n1nc(-c2ccccc2)cc1Nc1nc(N2CCOCC2)c2oc3nc(OCc4ccccc4)ccc3c2n1.